The van der Waals surface area contributed by atoms with E-state index in [1.54, 1.807) is 4.90 Å². The average Bonchev–Trinajstić information content (AvgIpc) is 2.52. The maximum absolute atomic E-state index is 12.3. The van der Waals surface area contributed by atoms with Gasteiger partial charge in [0.15, 0.2) is 0 Å². The standard InChI is InChI=1S/C18H25ClN2O3/c1-18(2,10-13-5-3-7-15(19)9-13)12-20-17(24)21-8-4-6-14(11-21)16(22)23/h3,5,7,9,14H,4,6,8,10-12H2,1-2H3,(H,20,24)(H,22,23). The van der Waals surface area contributed by atoms with Crippen molar-refractivity contribution in [2.45, 2.75) is 33.1 Å². The Kier molecular flexibility index (Phi) is 6.10. The van der Waals surface area contributed by atoms with Crippen LogP contribution in [0.5, 0.6) is 0 Å². The summed E-state index contributed by atoms with van der Waals surface area (Å²) in [6, 6.07) is 7.55. The van der Waals surface area contributed by atoms with E-state index in [2.05, 4.69) is 19.2 Å². The number of nitrogens with zero attached hydrogens (tertiary/aromatic N) is 1. The second kappa shape index (κ2) is 7.88. The fraction of sp³-hybridized carbons (Fsp3) is 0.556. The summed E-state index contributed by atoms with van der Waals surface area (Å²) in [5.74, 6) is -1.28. The number of carboxylic acids is 1. The Morgan fingerprint density at radius 1 is 1.42 bits per heavy atom. The highest BCUT2D eigenvalue weighted by Crippen LogP contribution is 2.23. The lowest BCUT2D eigenvalue weighted by Gasteiger charge is -2.32. The highest BCUT2D eigenvalue weighted by molar-refractivity contribution is 6.30. The van der Waals surface area contributed by atoms with E-state index in [0.717, 1.165) is 18.4 Å². The molecule has 2 rings (SSSR count). The van der Waals surface area contributed by atoms with E-state index < -0.39 is 11.9 Å². The number of hydrogen-bond donors (Lipinski definition) is 2. The number of piperidine rings is 1. The van der Waals surface area contributed by atoms with E-state index in [0.29, 0.717) is 24.5 Å². The van der Waals surface area contributed by atoms with Crippen LogP contribution in [0, 0.1) is 11.3 Å². The SMILES string of the molecule is CC(C)(CNC(=O)N1CCCC(C(=O)O)C1)Cc1cccc(Cl)c1. The Morgan fingerprint density at radius 3 is 2.83 bits per heavy atom. The first-order valence-electron chi connectivity index (χ1n) is 8.27. The molecule has 5 nitrogen and oxygen atoms in total. The molecule has 0 aromatic heterocycles. The number of carbonyl (C=O) groups excluding carboxylic acids is 1. The van der Waals surface area contributed by atoms with Crippen LogP contribution in [0.3, 0.4) is 0 Å². The first-order valence-corrected chi connectivity index (χ1v) is 8.65. The van der Waals surface area contributed by atoms with Crippen LogP contribution in [-0.2, 0) is 11.2 Å². The number of benzene rings is 1. The molecule has 0 radical (unpaired) electrons. The number of hydrogen-bond acceptors (Lipinski definition) is 2. The van der Waals surface area contributed by atoms with Crippen molar-refractivity contribution in [3.8, 4) is 0 Å². The summed E-state index contributed by atoms with van der Waals surface area (Å²) in [5.41, 5.74) is 1.01. The molecule has 0 bridgehead atoms. The van der Waals surface area contributed by atoms with Crippen molar-refractivity contribution < 1.29 is 14.7 Å². The Bertz CT molecular complexity index is 604. The first kappa shape index (κ1) is 18.6. The van der Waals surface area contributed by atoms with E-state index in [-0.39, 0.29) is 18.0 Å². The van der Waals surface area contributed by atoms with Crippen molar-refractivity contribution in [3.05, 3.63) is 34.9 Å². The highest BCUT2D eigenvalue weighted by atomic mass is 35.5. The van der Waals surface area contributed by atoms with Crippen molar-refractivity contribution >= 4 is 23.6 Å². The van der Waals surface area contributed by atoms with Crippen molar-refractivity contribution in [3.63, 3.8) is 0 Å². The van der Waals surface area contributed by atoms with Gasteiger partial charge in [0.1, 0.15) is 0 Å². The summed E-state index contributed by atoms with van der Waals surface area (Å²) in [6.07, 6.45) is 2.17. The molecule has 1 aromatic carbocycles. The van der Waals surface area contributed by atoms with Crippen molar-refractivity contribution in [2.75, 3.05) is 19.6 Å². The Labute approximate surface area is 148 Å². The van der Waals surface area contributed by atoms with Gasteiger partial charge < -0.3 is 15.3 Å². The summed E-state index contributed by atoms with van der Waals surface area (Å²) >= 11 is 6.02. The van der Waals surface area contributed by atoms with Crippen LogP contribution in [0.25, 0.3) is 0 Å². The largest absolute Gasteiger partial charge is 0.481 e. The summed E-state index contributed by atoms with van der Waals surface area (Å²) in [4.78, 5) is 25.0. The molecule has 0 spiro atoms. The molecule has 6 heteroatoms. The number of nitrogens with one attached hydrogen (secondary N) is 1. The number of carboxylic acid groups (broad SMARTS) is 1. The minimum absolute atomic E-state index is 0.123. The van der Waals surface area contributed by atoms with Gasteiger partial charge in [-0.1, -0.05) is 37.6 Å². The Hall–Kier alpha value is -1.75. The number of likely N-dealkylation sites (tertiary alicyclic amines) is 1. The molecule has 0 saturated carbocycles. The number of halogens is 1. The minimum atomic E-state index is -0.825. The number of rotatable bonds is 5. The van der Waals surface area contributed by atoms with Crippen LogP contribution >= 0.6 is 11.6 Å². The zero-order chi connectivity index (χ0) is 17.7. The normalized spacial score (nSPS) is 18.3. The van der Waals surface area contributed by atoms with Gasteiger partial charge >= 0.3 is 12.0 Å². The van der Waals surface area contributed by atoms with Crippen molar-refractivity contribution in [2.24, 2.45) is 11.3 Å². The molecular formula is C18H25ClN2O3. The van der Waals surface area contributed by atoms with Gasteiger partial charge in [-0.25, -0.2) is 4.79 Å². The average molecular weight is 353 g/mol. The molecule has 1 heterocycles. The number of amides is 2. The van der Waals surface area contributed by atoms with E-state index in [4.69, 9.17) is 16.7 Å². The van der Waals surface area contributed by atoms with Crippen LogP contribution in [0.2, 0.25) is 5.02 Å². The molecule has 132 valence electrons. The summed E-state index contributed by atoms with van der Waals surface area (Å²) in [7, 11) is 0. The third-order valence-corrected chi connectivity index (χ3v) is 4.58. The predicted octanol–water partition coefficient (Wildman–Crippen LogP) is 3.41. The van der Waals surface area contributed by atoms with Crippen molar-refractivity contribution in [1.29, 1.82) is 0 Å². The number of carbonyl (C=O) groups is 2. The first-order chi connectivity index (χ1) is 11.3. The van der Waals surface area contributed by atoms with E-state index in [1.165, 1.54) is 0 Å². The van der Waals surface area contributed by atoms with Gasteiger partial charge in [0.05, 0.1) is 5.92 Å². The third kappa shape index (κ3) is 5.41. The Morgan fingerprint density at radius 2 is 2.17 bits per heavy atom. The predicted molar refractivity (Wildman–Crippen MR) is 94.3 cm³/mol. The summed E-state index contributed by atoms with van der Waals surface area (Å²) in [5, 5.41) is 12.8. The fourth-order valence-corrected chi connectivity index (χ4v) is 3.26. The lowest BCUT2D eigenvalue weighted by atomic mass is 9.85. The highest BCUT2D eigenvalue weighted by Gasteiger charge is 2.29. The van der Waals surface area contributed by atoms with Crippen LogP contribution in [0.4, 0.5) is 4.79 Å². The lowest BCUT2D eigenvalue weighted by molar-refractivity contribution is -0.143. The van der Waals surface area contributed by atoms with Gasteiger partial charge in [0, 0.05) is 24.7 Å². The monoisotopic (exact) mass is 352 g/mol. The molecule has 1 aliphatic heterocycles. The van der Waals surface area contributed by atoms with Crippen molar-refractivity contribution in [1.82, 2.24) is 10.2 Å². The molecule has 2 N–H and O–H groups in total. The van der Waals surface area contributed by atoms with Gasteiger partial charge in [-0.2, -0.15) is 0 Å². The van der Waals surface area contributed by atoms with E-state index in [9.17, 15) is 9.59 Å². The maximum atomic E-state index is 12.3. The van der Waals surface area contributed by atoms with Crippen LogP contribution in [-0.4, -0.2) is 41.6 Å². The maximum Gasteiger partial charge on any atom is 0.317 e. The molecule has 24 heavy (non-hydrogen) atoms. The van der Waals surface area contributed by atoms with E-state index in [1.807, 2.05) is 24.3 Å². The zero-order valence-electron chi connectivity index (χ0n) is 14.2. The molecule has 1 aromatic rings. The van der Waals surface area contributed by atoms with Gasteiger partial charge in [-0.05, 0) is 42.4 Å². The lowest BCUT2D eigenvalue weighted by Crippen LogP contribution is -2.49. The molecule has 1 saturated heterocycles. The molecule has 1 unspecified atom stereocenters. The fourth-order valence-electron chi connectivity index (χ4n) is 3.05. The van der Waals surface area contributed by atoms with Gasteiger partial charge in [-0.15, -0.1) is 0 Å². The van der Waals surface area contributed by atoms with Crippen LogP contribution < -0.4 is 5.32 Å². The quantitative estimate of drug-likeness (QED) is 0.853. The molecule has 1 aliphatic rings. The van der Waals surface area contributed by atoms with Crippen LogP contribution in [0.1, 0.15) is 32.3 Å². The van der Waals surface area contributed by atoms with E-state index >= 15 is 0 Å². The van der Waals surface area contributed by atoms with Crippen LogP contribution in [0.15, 0.2) is 24.3 Å². The smallest absolute Gasteiger partial charge is 0.317 e. The van der Waals surface area contributed by atoms with Gasteiger partial charge in [0.2, 0.25) is 0 Å². The topological polar surface area (TPSA) is 69.6 Å². The molecule has 1 atom stereocenters. The summed E-state index contributed by atoms with van der Waals surface area (Å²) in [6.45, 7) is 5.60. The second-order valence-corrected chi connectivity index (χ2v) is 7.69. The molecule has 1 fully saturated rings. The molecular weight excluding hydrogens is 328 g/mol. The van der Waals surface area contributed by atoms with Gasteiger partial charge in [0.25, 0.3) is 0 Å². The molecule has 2 amide bonds. The molecule has 0 aliphatic carbocycles. The minimum Gasteiger partial charge on any atom is -0.481 e. The second-order valence-electron chi connectivity index (χ2n) is 7.25. The van der Waals surface area contributed by atoms with Gasteiger partial charge in [-0.3, -0.25) is 4.79 Å². The number of urea groups is 1. The Balaban J connectivity index is 1.86. The number of aliphatic carboxylic acids is 1. The zero-order valence-corrected chi connectivity index (χ0v) is 15.0. The third-order valence-electron chi connectivity index (χ3n) is 4.35. The summed E-state index contributed by atoms with van der Waals surface area (Å²) < 4.78 is 0.